The van der Waals surface area contributed by atoms with Gasteiger partial charge in [-0.1, -0.05) is 62.4 Å². The van der Waals surface area contributed by atoms with Gasteiger partial charge in [-0.3, -0.25) is 9.59 Å². The summed E-state index contributed by atoms with van der Waals surface area (Å²) in [5.74, 6) is -1.72. The maximum Gasteiger partial charge on any atom is 0.305 e. The minimum atomic E-state index is -0.990. The van der Waals surface area contributed by atoms with Crippen molar-refractivity contribution < 1.29 is 28.9 Å². The van der Waals surface area contributed by atoms with Crippen LogP contribution in [-0.4, -0.2) is 45.0 Å². The van der Waals surface area contributed by atoms with E-state index in [0.29, 0.717) is 17.8 Å². The van der Waals surface area contributed by atoms with E-state index >= 15 is 0 Å². The first-order valence-electron chi connectivity index (χ1n) is 15.0. The van der Waals surface area contributed by atoms with Crippen molar-refractivity contribution in [2.75, 3.05) is 5.32 Å². The number of nitrogens with zero attached hydrogens (tertiary/aromatic N) is 1. The molecule has 2 atom stereocenters. The normalized spacial score (nSPS) is 12.8. The summed E-state index contributed by atoms with van der Waals surface area (Å²) in [6.07, 6.45) is -1.45. The number of aliphatic hydroxyl groups is 1. The van der Waals surface area contributed by atoms with Crippen LogP contribution in [0, 0.1) is 5.82 Å². The number of anilines is 1. The summed E-state index contributed by atoms with van der Waals surface area (Å²) in [4.78, 5) is 25.6. The van der Waals surface area contributed by atoms with Crippen LogP contribution in [0.25, 0.3) is 22.4 Å². The van der Waals surface area contributed by atoms with Gasteiger partial charge >= 0.3 is 5.97 Å². The van der Waals surface area contributed by atoms with E-state index in [0.717, 1.165) is 28.1 Å². The monoisotopic (exact) mass is 600 g/mol. The number of amides is 1. The van der Waals surface area contributed by atoms with Gasteiger partial charge in [0.2, 0.25) is 0 Å². The van der Waals surface area contributed by atoms with Crippen molar-refractivity contribution in [3.05, 3.63) is 102 Å². The van der Waals surface area contributed by atoms with Crippen LogP contribution in [0.2, 0.25) is 0 Å². The van der Waals surface area contributed by atoms with Gasteiger partial charge in [0.15, 0.2) is 0 Å². The SMILES string of the molecule is CC(C)OC(CC(=O)O)CC(O)CCn1c(-c2ccc(F)cc2)c(-c2ccccc2)c(C(=O)Nc2ccccc2)c1C(C)C. The molecule has 0 spiro atoms. The number of aliphatic carboxylic acids is 1. The number of hydrogen-bond donors (Lipinski definition) is 3. The number of carbonyl (C=O) groups is 2. The molecule has 0 bridgehead atoms. The van der Waals surface area contributed by atoms with E-state index in [2.05, 4.69) is 9.88 Å². The van der Waals surface area contributed by atoms with E-state index in [-0.39, 0.29) is 43.0 Å². The van der Waals surface area contributed by atoms with Crippen molar-refractivity contribution in [2.45, 2.75) is 77.7 Å². The number of ether oxygens (including phenoxy) is 1. The lowest BCUT2D eigenvalue weighted by atomic mass is 9.94. The highest BCUT2D eigenvalue weighted by molar-refractivity contribution is 6.12. The Bertz CT molecular complexity index is 1530. The van der Waals surface area contributed by atoms with Gasteiger partial charge in [0.1, 0.15) is 5.82 Å². The van der Waals surface area contributed by atoms with Gasteiger partial charge in [-0.15, -0.1) is 0 Å². The number of carboxylic acid groups (broad SMARTS) is 1. The molecule has 0 aliphatic rings. The van der Waals surface area contributed by atoms with Crippen molar-refractivity contribution >= 4 is 17.6 Å². The molecule has 0 aliphatic heterocycles. The zero-order valence-electron chi connectivity index (χ0n) is 25.7. The van der Waals surface area contributed by atoms with Crippen LogP contribution in [0.3, 0.4) is 0 Å². The lowest BCUT2D eigenvalue weighted by Gasteiger charge is -2.23. The van der Waals surface area contributed by atoms with Crippen molar-refractivity contribution in [1.82, 2.24) is 4.57 Å². The molecule has 0 radical (unpaired) electrons. The second-order valence-corrected chi connectivity index (χ2v) is 11.6. The van der Waals surface area contributed by atoms with Crippen LogP contribution in [0.1, 0.15) is 68.9 Å². The molecule has 3 aromatic carbocycles. The van der Waals surface area contributed by atoms with Crippen molar-refractivity contribution in [3.63, 3.8) is 0 Å². The largest absolute Gasteiger partial charge is 0.481 e. The molecule has 1 amide bonds. The minimum Gasteiger partial charge on any atom is -0.481 e. The van der Waals surface area contributed by atoms with Crippen LogP contribution in [0.4, 0.5) is 10.1 Å². The fourth-order valence-electron chi connectivity index (χ4n) is 5.67. The zero-order chi connectivity index (χ0) is 31.8. The Balaban J connectivity index is 1.85. The maximum atomic E-state index is 14.2. The van der Waals surface area contributed by atoms with E-state index in [1.807, 2.05) is 88.4 Å². The summed E-state index contributed by atoms with van der Waals surface area (Å²) < 4.78 is 21.9. The van der Waals surface area contributed by atoms with Crippen LogP contribution in [0.15, 0.2) is 84.9 Å². The molecule has 4 aromatic rings. The third kappa shape index (κ3) is 8.21. The second-order valence-electron chi connectivity index (χ2n) is 11.6. The Morgan fingerprint density at radius 2 is 1.50 bits per heavy atom. The number of para-hydroxylation sites is 1. The summed E-state index contributed by atoms with van der Waals surface area (Å²) in [6.45, 7) is 8.03. The summed E-state index contributed by atoms with van der Waals surface area (Å²) in [6, 6.07) is 25.1. The van der Waals surface area contributed by atoms with E-state index in [9.17, 15) is 24.2 Å². The molecular weight excluding hydrogens is 559 g/mol. The lowest BCUT2D eigenvalue weighted by molar-refractivity contribution is -0.141. The number of carbonyl (C=O) groups excluding carboxylic acids is 1. The van der Waals surface area contributed by atoms with Gasteiger partial charge in [0.05, 0.1) is 36.0 Å². The first-order chi connectivity index (χ1) is 21.0. The molecule has 4 rings (SSSR count). The van der Waals surface area contributed by atoms with Gasteiger partial charge < -0.3 is 24.8 Å². The third-order valence-electron chi connectivity index (χ3n) is 7.38. The Morgan fingerprint density at radius 1 is 0.886 bits per heavy atom. The van der Waals surface area contributed by atoms with Crippen molar-refractivity contribution in [3.8, 4) is 22.4 Å². The first-order valence-corrected chi connectivity index (χ1v) is 15.0. The summed E-state index contributed by atoms with van der Waals surface area (Å²) in [7, 11) is 0. The number of nitrogens with one attached hydrogen (secondary N) is 1. The first kappa shape index (κ1) is 32.6. The number of aromatic nitrogens is 1. The predicted molar refractivity (Wildman–Crippen MR) is 171 cm³/mol. The van der Waals surface area contributed by atoms with Crippen LogP contribution in [0.5, 0.6) is 0 Å². The standard InChI is InChI=1S/C36H41FN2O5/c1-23(2)34-33(36(43)38-28-13-9-6-10-14-28)32(25-11-7-5-8-12-25)35(26-15-17-27(37)18-16-26)39(34)20-19-29(40)21-30(22-31(41)42)44-24(3)4/h5-18,23-24,29-30,40H,19-22H2,1-4H3,(H,38,43)(H,41,42). The van der Waals surface area contributed by atoms with Gasteiger partial charge in [-0.05, 0) is 73.7 Å². The number of rotatable bonds is 14. The Labute approximate surface area is 258 Å². The van der Waals surface area contributed by atoms with Crippen LogP contribution in [-0.2, 0) is 16.1 Å². The highest BCUT2D eigenvalue weighted by Gasteiger charge is 2.31. The third-order valence-corrected chi connectivity index (χ3v) is 7.38. The van der Waals surface area contributed by atoms with E-state index in [4.69, 9.17) is 4.74 Å². The smallest absolute Gasteiger partial charge is 0.305 e. The molecule has 0 fully saturated rings. The molecule has 0 saturated heterocycles. The number of halogens is 1. The molecule has 2 unspecified atom stereocenters. The number of hydrogen-bond acceptors (Lipinski definition) is 4. The molecule has 1 aromatic heterocycles. The van der Waals surface area contributed by atoms with Crippen molar-refractivity contribution in [2.24, 2.45) is 0 Å². The maximum absolute atomic E-state index is 14.2. The lowest BCUT2D eigenvalue weighted by Crippen LogP contribution is -2.27. The highest BCUT2D eigenvalue weighted by atomic mass is 19.1. The zero-order valence-corrected chi connectivity index (χ0v) is 25.7. The Hall–Kier alpha value is -4.27. The van der Waals surface area contributed by atoms with Gasteiger partial charge in [-0.2, -0.15) is 0 Å². The molecule has 44 heavy (non-hydrogen) atoms. The number of benzene rings is 3. The Kier molecular flexibility index (Phi) is 11.1. The Morgan fingerprint density at radius 3 is 2.07 bits per heavy atom. The number of carboxylic acids is 1. The summed E-state index contributed by atoms with van der Waals surface area (Å²) in [5.41, 5.74) is 4.97. The molecule has 8 heteroatoms. The van der Waals surface area contributed by atoms with Gasteiger partial charge in [0, 0.05) is 29.9 Å². The fourth-order valence-corrected chi connectivity index (χ4v) is 5.67. The average molecular weight is 601 g/mol. The topological polar surface area (TPSA) is 101 Å². The number of aliphatic hydroxyl groups excluding tert-OH is 1. The molecule has 1 heterocycles. The quantitative estimate of drug-likeness (QED) is 0.137. The van der Waals surface area contributed by atoms with E-state index < -0.39 is 18.2 Å². The molecule has 0 saturated carbocycles. The molecule has 3 N–H and O–H groups in total. The molecule has 0 aliphatic carbocycles. The van der Waals surface area contributed by atoms with Crippen LogP contribution < -0.4 is 5.32 Å². The minimum absolute atomic E-state index is 0.0932. The molecular formula is C36H41FN2O5. The predicted octanol–water partition coefficient (Wildman–Crippen LogP) is 7.75. The van der Waals surface area contributed by atoms with Gasteiger partial charge in [0.25, 0.3) is 5.91 Å². The summed E-state index contributed by atoms with van der Waals surface area (Å²) in [5, 5.41) is 23.5. The average Bonchev–Trinajstić information content (AvgIpc) is 3.32. The van der Waals surface area contributed by atoms with Gasteiger partial charge in [-0.25, -0.2) is 4.39 Å². The molecule has 7 nitrogen and oxygen atoms in total. The second kappa shape index (κ2) is 14.9. The van der Waals surface area contributed by atoms with E-state index in [1.165, 1.54) is 12.1 Å². The van der Waals surface area contributed by atoms with Crippen LogP contribution >= 0.6 is 0 Å². The highest BCUT2D eigenvalue weighted by Crippen LogP contribution is 2.42. The fraction of sp³-hybridized carbons (Fsp3) is 0.333. The molecule has 232 valence electrons. The van der Waals surface area contributed by atoms with E-state index in [1.54, 1.807) is 12.1 Å². The summed E-state index contributed by atoms with van der Waals surface area (Å²) >= 11 is 0. The van der Waals surface area contributed by atoms with Crippen molar-refractivity contribution in [1.29, 1.82) is 0 Å².